The minimum atomic E-state index is -0.449. The fourth-order valence-electron chi connectivity index (χ4n) is 2.62. The second-order valence-corrected chi connectivity index (χ2v) is 6.54. The van der Waals surface area contributed by atoms with Crippen molar-refractivity contribution < 1.29 is 9.53 Å². The normalized spacial score (nSPS) is 19.2. The van der Waals surface area contributed by atoms with E-state index in [1.54, 1.807) is 4.90 Å². The molecule has 1 atom stereocenters. The molecule has 2 heterocycles. The molecule has 1 aliphatic heterocycles. The van der Waals surface area contributed by atoms with E-state index in [-0.39, 0.29) is 12.1 Å². The first-order chi connectivity index (χ1) is 9.92. The van der Waals surface area contributed by atoms with Gasteiger partial charge in [-0.1, -0.05) is 18.2 Å². The van der Waals surface area contributed by atoms with Crippen LogP contribution in [0.5, 0.6) is 0 Å². The minimum Gasteiger partial charge on any atom is -0.444 e. The molecule has 0 radical (unpaired) electrons. The van der Waals surface area contributed by atoms with Crippen LogP contribution in [-0.4, -0.2) is 39.5 Å². The van der Waals surface area contributed by atoms with Crippen molar-refractivity contribution in [3.8, 4) is 0 Å². The second-order valence-electron chi connectivity index (χ2n) is 6.54. The molecule has 1 fully saturated rings. The minimum absolute atomic E-state index is 0.227. The van der Waals surface area contributed by atoms with Gasteiger partial charge in [-0.2, -0.15) is 5.10 Å². The molecule has 5 nitrogen and oxygen atoms in total. The maximum atomic E-state index is 12.1. The number of hydrogen-bond donors (Lipinski definition) is 0. The molecule has 5 heteroatoms. The molecule has 0 saturated carbocycles. The van der Waals surface area contributed by atoms with Crippen LogP contribution in [0.15, 0.2) is 30.5 Å². The Morgan fingerprint density at radius 3 is 2.81 bits per heavy atom. The van der Waals surface area contributed by atoms with Gasteiger partial charge in [-0.3, -0.25) is 4.68 Å². The fourth-order valence-corrected chi connectivity index (χ4v) is 2.62. The molecule has 0 spiro atoms. The number of carbonyl (C=O) groups excluding carboxylic acids is 1. The first kappa shape index (κ1) is 13.9. The van der Waals surface area contributed by atoms with E-state index < -0.39 is 5.60 Å². The Morgan fingerprint density at radius 2 is 2.10 bits per heavy atom. The molecule has 0 aliphatic carbocycles. The Balaban J connectivity index is 1.70. The first-order valence-corrected chi connectivity index (χ1v) is 7.34. The lowest BCUT2D eigenvalue weighted by Crippen LogP contribution is -2.35. The fraction of sp³-hybridized carbons (Fsp3) is 0.500. The molecule has 1 aromatic carbocycles. The highest BCUT2D eigenvalue weighted by Crippen LogP contribution is 2.24. The summed E-state index contributed by atoms with van der Waals surface area (Å²) in [6.45, 7) is 7.04. The zero-order chi connectivity index (χ0) is 15.0. The standard InChI is InChI=1S/C16H21N3O2/c1-16(2,3)21-15(20)18-9-8-13(11-18)19-10-12-6-4-5-7-14(12)17-19/h4-7,10,13H,8-9,11H2,1-3H3. The molecule has 1 amide bonds. The number of nitrogens with zero attached hydrogens (tertiary/aromatic N) is 3. The molecule has 1 aromatic heterocycles. The largest absolute Gasteiger partial charge is 0.444 e. The van der Waals surface area contributed by atoms with E-state index in [2.05, 4.69) is 17.4 Å². The van der Waals surface area contributed by atoms with Crippen LogP contribution in [0.25, 0.3) is 10.9 Å². The van der Waals surface area contributed by atoms with Crippen LogP contribution in [0.3, 0.4) is 0 Å². The molecule has 1 unspecified atom stereocenters. The maximum absolute atomic E-state index is 12.1. The molecule has 21 heavy (non-hydrogen) atoms. The second kappa shape index (κ2) is 5.06. The summed E-state index contributed by atoms with van der Waals surface area (Å²) in [5, 5.41) is 5.73. The monoisotopic (exact) mass is 287 g/mol. The highest BCUT2D eigenvalue weighted by atomic mass is 16.6. The third-order valence-corrected chi connectivity index (χ3v) is 3.62. The van der Waals surface area contributed by atoms with Crippen molar-refractivity contribution in [1.29, 1.82) is 0 Å². The van der Waals surface area contributed by atoms with Gasteiger partial charge in [-0.05, 0) is 33.3 Å². The van der Waals surface area contributed by atoms with Crippen molar-refractivity contribution in [3.05, 3.63) is 30.5 Å². The van der Waals surface area contributed by atoms with Gasteiger partial charge in [-0.25, -0.2) is 4.79 Å². The van der Waals surface area contributed by atoms with Crippen LogP contribution < -0.4 is 0 Å². The zero-order valence-electron chi connectivity index (χ0n) is 12.7. The van der Waals surface area contributed by atoms with E-state index in [1.807, 2.05) is 43.7 Å². The van der Waals surface area contributed by atoms with Gasteiger partial charge in [0.25, 0.3) is 0 Å². The van der Waals surface area contributed by atoms with Gasteiger partial charge in [0.2, 0.25) is 0 Å². The van der Waals surface area contributed by atoms with Crippen molar-refractivity contribution in [2.24, 2.45) is 0 Å². The Morgan fingerprint density at radius 1 is 1.33 bits per heavy atom. The lowest BCUT2D eigenvalue weighted by molar-refractivity contribution is 0.0288. The number of fused-ring (bicyclic) bond motifs is 1. The quantitative estimate of drug-likeness (QED) is 0.809. The molecular formula is C16H21N3O2. The zero-order valence-corrected chi connectivity index (χ0v) is 12.7. The summed E-state index contributed by atoms with van der Waals surface area (Å²) in [5.41, 5.74) is 0.545. The Labute approximate surface area is 124 Å². The Hall–Kier alpha value is -2.04. The summed E-state index contributed by atoms with van der Waals surface area (Å²) in [5.74, 6) is 0. The summed E-state index contributed by atoms with van der Waals surface area (Å²) in [6.07, 6.45) is 2.73. The topological polar surface area (TPSA) is 47.4 Å². The number of amides is 1. The number of aromatic nitrogens is 2. The van der Waals surface area contributed by atoms with Gasteiger partial charge in [0.1, 0.15) is 5.60 Å². The third kappa shape index (κ3) is 3.01. The Kier molecular flexibility index (Phi) is 3.35. The number of likely N-dealkylation sites (tertiary alicyclic amines) is 1. The van der Waals surface area contributed by atoms with E-state index in [4.69, 9.17) is 4.74 Å². The van der Waals surface area contributed by atoms with Crippen molar-refractivity contribution in [3.63, 3.8) is 0 Å². The van der Waals surface area contributed by atoms with Gasteiger partial charge >= 0.3 is 6.09 Å². The summed E-state index contributed by atoms with van der Waals surface area (Å²) in [4.78, 5) is 13.9. The van der Waals surface area contributed by atoms with Crippen LogP contribution in [0.4, 0.5) is 4.79 Å². The summed E-state index contributed by atoms with van der Waals surface area (Å²) in [6, 6.07) is 8.29. The van der Waals surface area contributed by atoms with E-state index in [0.717, 1.165) is 23.9 Å². The average molecular weight is 287 g/mol. The van der Waals surface area contributed by atoms with Crippen molar-refractivity contribution >= 4 is 17.0 Å². The first-order valence-electron chi connectivity index (χ1n) is 7.34. The van der Waals surface area contributed by atoms with Gasteiger partial charge in [0.05, 0.1) is 11.6 Å². The molecule has 0 N–H and O–H groups in total. The highest BCUT2D eigenvalue weighted by Gasteiger charge is 2.31. The summed E-state index contributed by atoms with van der Waals surface area (Å²) in [7, 11) is 0. The Bertz CT molecular complexity index is 624. The van der Waals surface area contributed by atoms with Crippen molar-refractivity contribution in [2.75, 3.05) is 13.1 Å². The predicted molar refractivity (Wildman–Crippen MR) is 81.2 cm³/mol. The number of carbonyl (C=O) groups is 1. The third-order valence-electron chi connectivity index (χ3n) is 3.62. The summed E-state index contributed by atoms with van der Waals surface area (Å²) >= 11 is 0. The maximum Gasteiger partial charge on any atom is 0.410 e. The number of ether oxygens (including phenoxy) is 1. The van der Waals surface area contributed by atoms with Crippen LogP contribution in [-0.2, 0) is 4.74 Å². The highest BCUT2D eigenvalue weighted by molar-refractivity contribution is 5.77. The molecule has 3 rings (SSSR count). The molecule has 1 aliphatic rings. The molecular weight excluding hydrogens is 266 g/mol. The van der Waals surface area contributed by atoms with Gasteiger partial charge in [-0.15, -0.1) is 0 Å². The van der Waals surface area contributed by atoms with Gasteiger partial charge in [0.15, 0.2) is 0 Å². The number of hydrogen-bond acceptors (Lipinski definition) is 3. The van der Waals surface area contributed by atoms with Crippen LogP contribution in [0.2, 0.25) is 0 Å². The van der Waals surface area contributed by atoms with Crippen LogP contribution in [0, 0.1) is 0 Å². The molecule has 112 valence electrons. The molecule has 0 bridgehead atoms. The van der Waals surface area contributed by atoms with Crippen LogP contribution >= 0.6 is 0 Å². The molecule has 1 saturated heterocycles. The van der Waals surface area contributed by atoms with Gasteiger partial charge < -0.3 is 9.64 Å². The van der Waals surface area contributed by atoms with E-state index in [0.29, 0.717) is 6.54 Å². The van der Waals surface area contributed by atoms with Gasteiger partial charge in [0, 0.05) is 24.7 Å². The smallest absolute Gasteiger partial charge is 0.410 e. The van der Waals surface area contributed by atoms with Crippen LogP contribution in [0.1, 0.15) is 33.2 Å². The predicted octanol–water partition coefficient (Wildman–Crippen LogP) is 3.22. The molecule has 2 aromatic rings. The average Bonchev–Trinajstić information content (AvgIpc) is 3.03. The number of benzene rings is 1. The van der Waals surface area contributed by atoms with Crippen molar-refractivity contribution in [2.45, 2.75) is 38.8 Å². The lowest BCUT2D eigenvalue weighted by Gasteiger charge is -2.24. The number of rotatable bonds is 1. The van der Waals surface area contributed by atoms with E-state index in [9.17, 15) is 4.79 Å². The van der Waals surface area contributed by atoms with Crippen molar-refractivity contribution in [1.82, 2.24) is 14.7 Å². The SMILES string of the molecule is CC(C)(C)OC(=O)N1CCC(n2cc3ccccc3n2)C1. The van der Waals surface area contributed by atoms with E-state index >= 15 is 0 Å². The summed E-state index contributed by atoms with van der Waals surface area (Å²) < 4.78 is 7.40. The van der Waals surface area contributed by atoms with E-state index in [1.165, 1.54) is 0 Å². The lowest BCUT2D eigenvalue weighted by atomic mass is 10.2.